The fourth-order valence-electron chi connectivity index (χ4n) is 20.0. The molecule has 1 aliphatic carbocycles. The first-order valence-electron chi connectivity index (χ1n) is 42.7. The van der Waals surface area contributed by atoms with Crippen LogP contribution in [0.1, 0.15) is 103 Å². The number of fused-ring (bicyclic) bond motifs is 6. The van der Waals surface area contributed by atoms with Crippen molar-refractivity contribution in [1.29, 1.82) is 10.5 Å². The SMILES string of the molecule is CC1=CCC([Si](c2ccc(C)cc2)(c2ccc(C)cc2)c2cccc(-c3ccc(C#N)c(N(c4cc(C(C)C)c5ccc6c(N(c7cc(-c8cccc([Si](c9ccc(C)cc9)(c9ccc(C)cc9)c9ccc(C)cc9)c8)ccc7C#N)c7cccc8c7oc7ccccc78)cc(C(C)C)c7ccc4c5c76)c4cccc5c4oc4ccccc45)c3)c2)C=C1. The van der Waals surface area contributed by atoms with Crippen molar-refractivity contribution in [3.63, 3.8) is 0 Å². The Labute approximate surface area is 715 Å². The van der Waals surface area contributed by atoms with Crippen LogP contribution in [0.25, 0.3) is 98.4 Å². The van der Waals surface area contributed by atoms with Crippen LogP contribution in [-0.4, -0.2) is 16.1 Å². The summed E-state index contributed by atoms with van der Waals surface area (Å²) in [6.45, 7) is 22.3. The topological polar surface area (TPSA) is 80.3 Å². The Hall–Kier alpha value is -14.1. The number of allylic oxidation sites excluding steroid dienone is 4. The summed E-state index contributed by atoms with van der Waals surface area (Å²) >= 11 is 0. The fraction of sp³-hybridized carbons (Fsp3) is 0.123. The van der Waals surface area contributed by atoms with Gasteiger partial charge in [-0.3, -0.25) is 0 Å². The molecule has 19 aromatic rings. The van der Waals surface area contributed by atoms with Crippen molar-refractivity contribution in [3.8, 4) is 34.4 Å². The Morgan fingerprint density at radius 1 is 0.320 bits per heavy atom. The minimum Gasteiger partial charge on any atom is -0.454 e. The van der Waals surface area contributed by atoms with Crippen molar-refractivity contribution in [2.24, 2.45) is 0 Å². The lowest BCUT2D eigenvalue weighted by molar-refractivity contribution is 0.668. The van der Waals surface area contributed by atoms with Crippen LogP contribution in [0.5, 0.6) is 0 Å². The van der Waals surface area contributed by atoms with Gasteiger partial charge in [-0.15, -0.1) is 0 Å². The predicted molar refractivity (Wildman–Crippen MR) is 519 cm³/mol. The maximum absolute atomic E-state index is 12.0. The molecule has 1 unspecified atom stereocenters. The monoisotopic (exact) mass is 1600 g/mol. The number of aryl methyl sites for hydroxylation is 5. The van der Waals surface area contributed by atoms with Crippen molar-refractivity contribution < 1.29 is 8.83 Å². The van der Waals surface area contributed by atoms with E-state index >= 15 is 0 Å². The lowest BCUT2D eigenvalue weighted by Crippen LogP contribution is -2.74. The summed E-state index contributed by atoms with van der Waals surface area (Å²) in [5, 5.41) is 43.6. The number of nitriles is 2. The second-order valence-electron chi connectivity index (χ2n) is 34.4. The van der Waals surface area contributed by atoms with E-state index in [0.717, 1.165) is 133 Å². The molecule has 588 valence electrons. The van der Waals surface area contributed by atoms with Crippen LogP contribution in [-0.2, 0) is 0 Å². The molecule has 2 heterocycles. The standard InChI is InChI=1S/C114H92N4O2Si2/c1-71(2)101-67-107(117(103-27-17-25-97-93-23-11-13-29-109(93)119-113(97)103)105-65-81(43-45-83(105)69-115)79-19-15-21-91(63-79)121(85-47-31-73(5)32-48-85,86-49-33-74(6)34-50-86)87-51-35-75(7)36-52-87)99-62-60-96-102(72(3)4)68-108(100-61-59-95(101)111(99)112(96)100)118(104-28-18-26-98-94-24-12-14-30-110(94)120-114(98)104)106-66-82(44-46-84(106)70-116)80-20-16-22-92(64-80)122(88-53-37-76(8)38-54-88,89-55-39-77(9)40-56-89)90-57-41-78(10)42-58-90/h11-57,59-68,71-72,90H,58H2,1-10H3. The number of hydrogen-bond donors (Lipinski definition) is 0. The highest BCUT2D eigenvalue weighted by molar-refractivity contribution is 7.20. The molecule has 0 N–H and O–H groups in total. The summed E-state index contributed by atoms with van der Waals surface area (Å²) in [4.78, 5) is 4.69. The first-order chi connectivity index (χ1) is 59.5. The maximum atomic E-state index is 12.0. The number of para-hydroxylation sites is 4. The fourth-order valence-corrected chi connectivity index (χ4v) is 30.0. The average molecular weight is 1610 g/mol. The van der Waals surface area contributed by atoms with E-state index in [1.165, 1.54) is 69.7 Å². The smallest absolute Gasteiger partial charge is 0.179 e. The van der Waals surface area contributed by atoms with E-state index < -0.39 is 16.1 Å². The number of furan rings is 2. The molecule has 0 fully saturated rings. The zero-order chi connectivity index (χ0) is 83.4. The Morgan fingerprint density at radius 2 is 0.689 bits per heavy atom. The van der Waals surface area contributed by atoms with Gasteiger partial charge < -0.3 is 18.6 Å². The van der Waals surface area contributed by atoms with Crippen molar-refractivity contribution in [2.75, 3.05) is 9.80 Å². The van der Waals surface area contributed by atoms with E-state index in [-0.39, 0.29) is 17.4 Å². The molecule has 0 saturated carbocycles. The highest BCUT2D eigenvalue weighted by Crippen LogP contribution is 2.55. The molecule has 0 aliphatic heterocycles. The van der Waals surface area contributed by atoms with Gasteiger partial charge in [-0.05, 0) is 217 Å². The van der Waals surface area contributed by atoms with Crippen LogP contribution in [0.3, 0.4) is 0 Å². The quantitative estimate of drug-likeness (QED) is 0.0484. The van der Waals surface area contributed by atoms with Crippen LogP contribution >= 0.6 is 0 Å². The van der Waals surface area contributed by atoms with Gasteiger partial charge in [-0.1, -0.05) is 346 Å². The molecule has 0 saturated heterocycles. The summed E-state index contributed by atoms with van der Waals surface area (Å²) in [6, 6.07) is 127. The normalized spacial score (nSPS) is 13.2. The molecule has 6 nitrogen and oxygen atoms in total. The Balaban J connectivity index is 0.837. The van der Waals surface area contributed by atoms with Gasteiger partial charge >= 0.3 is 0 Å². The number of benzene rings is 17. The second kappa shape index (κ2) is 30.6. The molecule has 1 atom stereocenters. The molecule has 122 heavy (non-hydrogen) atoms. The minimum atomic E-state index is -3.06. The lowest BCUT2D eigenvalue weighted by atomic mass is 9.84. The number of hydrogen-bond acceptors (Lipinski definition) is 6. The summed E-state index contributed by atoms with van der Waals surface area (Å²) < 4.78 is 14.4. The van der Waals surface area contributed by atoms with E-state index in [1.54, 1.807) is 0 Å². The van der Waals surface area contributed by atoms with Gasteiger partial charge in [0.25, 0.3) is 0 Å². The molecule has 2 aromatic heterocycles. The molecule has 0 spiro atoms. The number of nitrogens with zero attached hydrogens (tertiary/aromatic N) is 4. The predicted octanol–water partition coefficient (Wildman–Crippen LogP) is 26.3. The van der Waals surface area contributed by atoms with Gasteiger partial charge in [0, 0.05) is 32.3 Å². The summed E-state index contributed by atoms with van der Waals surface area (Å²) in [7, 11) is -5.98. The maximum Gasteiger partial charge on any atom is 0.179 e. The van der Waals surface area contributed by atoms with E-state index in [9.17, 15) is 10.5 Å². The molecule has 1 aliphatic rings. The van der Waals surface area contributed by atoms with Gasteiger partial charge in [-0.25, -0.2) is 0 Å². The second-order valence-corrected chi connectivity index (χ2v) is 42.3. The summed E-state index contributed by atoms with van der Waals surface area (Å²) in [6.07, 6.45) is 8.18. The third kappa shape index (κ3) is 12.6. The Kier molecular flexibility index (Phi) is 19.2. The van der Waals surface area contributed by atoms with Crippen LogP contribution in [0.2, 0.25) is 5.54 Å². The average Bonchev–Trinajstić information content (AvgIpc) is 0.764. The Bertz CT molecular complexity index is 7360. The molecule has 0 bridgehead atoms. The minimum absolute atomic E-state index is 0.0270. The summed E-state index contributed by atoms with van der Waals surface area (Å²) in [5.74, 6) is 0.0554. The van der Waals surface area contributed by atoms with Crippen molar-refractivity contribution in [3.05, 3.63) is 401 Å². The highest BCUT2D eigenvalue weighted by Gasteiger charge is 2.47. The lowest BCUT2D eigenvalue weighted by Gasteiger charge is -2.40. The van der Waals surface area contributed by atoms with E-state index in [2.05, 4.69) is 407 Å². The largest absolute Gasteiger partial charge is 0.454 e. The van der Waals surface area contributed by atoms with Crippen LogP contribution in [0.4, 0.5) is 34.1 Å². The molecule has 20 rings (SSSR count). The first kappa shape index (κ1) is 76.5. The van der Waals surface area contributed by atoms with Gasteiger partial charge in [0.05, 0.1) is 45.3 Å². The van der Waals surface area contributed by atoms with Crippen molar-refractivity contribution in [2.45, 2.75) is 93.0 Å². The number of rotatable bonds is 18. The zero-order valence-electron chi connectivity index (χ0n) is 70.5. The summed E-state index contributed by atoms with van der Waals surface area (Å²) in [5.41, 5.74) is 22.8. The molecule has 8 heteroatoms. The first-order valence-corrected chi connectivity index (χ1v) is 46.8. The van der Waals surface area contributed by atoms with Crippen LogP contribution in [0, 0.1) is 57.3 Å². The van der Waals surface area contributed by atoms with E-state index in [4.69, 9.17) is 8.83 Å². The zero-order valence-corrected chi connectivity index (χ0v) is 72.5. The van der Waals surface area contributed by atoms with Gasteiger partial charge in [0.15, 0.2) is 27.3 Å². The molecule has 17 aromatic carbocycles. The highest BCUT2D eigenvalue weighted by atomic mass is 28.3. The molecule has 0 amide bonds. The van der Waals surface area contributed by atoms with Gasteiger partial charge in [-0.2, -0.15) is 10.5 Å². The van der Waals surface area contributed by atoms with Crippen LogP contribution in [0.15, 0.2) is 360 Å². The number of anilines is 6. The van der Waals surface area contributed by atoms with E-state index in [1.807, 2.05) is 30.3 Å². The molecule has 0 radical (unpaired) electrons. The van der Waals surface area contributed by atoms with Crippen LogP contribution < -0.4 is 46.1 Å². The third-order valence-corrected chi connectivity index (χ3v) is 36.2. The molecular weight excluding hydrogens is 1510 g/mol. The van der Waals surface area contributed by atoms with Gasteiger partial charge in [0.2, 0.25) is 0 Å². The van der Waals surface area contributed by atoms with E-state index in [0.29, 0.717) is 28.0 Å². The van der Waals surface area contributed by atoms with Crippen molar-refractivity contribution >= 4 is 163 Å². The third-order valence-electron chi connectivity index (χ3n) is 26.2. The molecular formula is C114H92N4O2Si2. The van der Waals surface area contributed by atoms with Gasteiger partial charge in [0.1, 0.15) is 23.3 Å². The van der Waals surface area contributed by atoms with Crippen molar-refractivity contribution in [1.82, 2.24) is 0 Å². The Morgan fingerprint density at radius 3 is 1.09 bits per heavy atom.